The van der Waals surface area contributed by atoms with Crippen LogP contribution in [0.25, 0.3) is 0 Å². The van der Waals surface area contributed by atoms with Crippen LogP contribution in [0, 0.1) is 47.3 Å². The highest BCUT2D eigenvalue weighted by Crippen LogP contribution is 2.82. The molecule has 0 radical (unpaired) electrons. The number of nitrogens with one attached hydrogen (secondary N) is 2. The monoisotopic (exact) mass is 371 g/mol. The number of hydrogen-bond donors (Lipinski definition) is 2. The molecule has 6 aliphatic carbocycles. The Labute approximate surface area is 143 Å². The number of hydrogen-bond acceptors (Lipinski definition) is 2. The number of urea groups is 1. The van der Waals surface area contributed by atoms with Crippen LogP contribution in [0.5, 0.6) is 0 Å². The molecule has 2 amide bonds. The quantitative estimate of drug-likeness (QED) is 0.607. The first-order valence-corrected chi connectivity index (χ1v) is 9.51. The second-order valence-corrected chi connectivity index (χ2v) is 8.89. The Morgan fingerprint density at radius 2 is 1.83 bits per heavy atom. The highest BCUT2D eigenvalue weighted by molar-refractivity contribution is 9.09. The lowest BCUT2D eigenvalue weighted by Crippen LogP contribution is -2.30. The van der Waals surface area contributed by atoms with E-state index in [2.05, 4.69) is 31.8 Å². The van der Waals surface area contributed by atoms with E-state index in [4.69, 9.17) is 0 Å². The van der Waals surface area contributed by atoms with Gasteiger partial charge in [0.15, 0.2) is 0 Å². The van der Waals surface area contributed by atoms with Crippen LogP contribution >= 0.6 is 15.9 Å². The Morgan fingerprint density at radius 1 is 1.04 bits per heavy atom. The summed E-state index contributed by atoms with van der Waals surface area (Å²) < 4.78 is 0. The Kier molecular flexibility index (Phi) is 2.36. The average Bonchev–Trinajstić information content (AvgIpc) is 3.28. The minimum absolute atomic E-state index is 0.238. The highest BCUT2D eigenvalue weighted by Gasteiger charge is 2.82. The maximum Gasteiger partial charge on any atom is 0.339 e. The summed E-state index contributed by atoms with van der Waals surface area (Å²) in [6.07, 6.45) is 1.41. The standard InChI is InChI=1S/C18H18BrN3O/c19-16-12-8-6-9-10(12)15-14(16)11(8)13(9)17(15)21-22-18(23)20-7-4-2-1-3-5-7/h1-5,8-16H,6H2,(H2,20,22,23)/b21-17-/t8-,9+,10+,11+,12-,13-,14-,15+,16+/m0/s1. The van der Waals surface area contributed by atoms with Gasteiger partial charge in [0.25, 0.3) is 0 Å². The van der Waals surface area contributed by atoms with Crippen molar-refractivity contribution in [3.05, 3.63) is 30.3 Å². The minimum Gasteiger partial charge on any atom is -0.307 e. The summed E-state index contributed by atoms with van der Waals surface area (Å²) in [6.45, 7) is 0. The van der Waals surface area contributed by atoms with Crippen LogP contribution < -0.4 is 10.7 Å². The number of alkyl halides is 1. The van der Waals surface area contributed by atoms with Crippen LogP contribution in [0.4, 0.5) is 10.5 Å². The number of anilines is 1. The van der Waals surface area contributed by atoms with Gasteiger partial charge in [-0.2, -0.15) is 5.10 Å². The van der Waals surface area contributed by atoms with E-state index in [9.17, 15) is 4.79 Å². The van der Waals surface area contributed by atoms with Crippen LogP contribution in [0.1, 0.15) is 6.42 Å². The van der Waals surface area contributed by atoms with Gasteiger partial charge < -0.3 is 5.32 Å². The largest absolute Gasteiger partial charge is 0.339 e. The number of rotatable bonds is 2. The van der Waals surface area contributed by atoms with Gasteiger partial charge in [-0.1, -0.05) is 34.1 Å². The SMILES string of the molecule is O=C(N/N=C1/[C@H]2[C@@H]3C[C@H]4[C@H]2[C@@H]2[C@H](Br)[C@@H]4[C@@H]3[C@@H]12)Nc1ccccc1. The van der Waals surface area contributed by atoms with E-state index in [1.54, 1.807) is 0 Å². The molecule has 5 heteroatoms. The van der Waals surface area contributed by atoms with Crippen molar-refractivity contribution in [1.82, 2.24) is 5.43 Å². The molecular formula is C18H18BrN3O. The van der Waals surface area contributed by atoms with Gasteiger partial charge in [-0.15, -0.1) is 0 Å². The number of benzene rings is 1. The molecule has 0 saturated heterocycles. The van der Waals surface area contributed by atoms with E-state index >= 15 is 0 Å². The molecule has 0 spiro atoms. The predicted molar refractivity (Wildman–Crippen MR) is 91.3 cm³/mol. The van der Waals surface area contributed by atoms with E-state index in [0.717, 1.165) is 41.2 Å². The minimum atomic E-state index is -0.238. The molecule has 0 unspecified atom stereocenters. The van der Waals surface area contributed by atoms with Crippen LogP contribution in [-0.2, 0) is 0 Å². The average molecular weight is 372 g/mol. The smallest absolute Gasteiger partial charge is 0.307 e. The number of halogens is 1. The fourth-order valence-corrected chi connectivity index (χ4v) is 8.60. The zero-order chi connectivity index (χ0) is 15.3. The summed E-state index contributed by atoms with van der Waals surface area (Å²) in [5.41, 5.74) is 4.86. The van der Waals surface area contributed by atoms with Crippen molar-refractivity contribution in [2.24, 2.45) is 52.4 Å². The zero-order valence-electron chi connectivity index (χ0n) is 12.5. The molecule has 1 aromatic carbocycles. The molecule has 1 aromatic rings. The van der Waals surface area contributed by atoms with E-state index in [-0.39, 0.29) is 6.03 Å². The predicted octanol–water partition coefficient (Wildman–Crippen LogP) is 3.32. The summed E-state index contributed by atoms with van der Waals surface area (Å²) in [5, 5.41) is 7.45. The maximum absolute atomic E-state index is 12.1. The third kappa shape index (κ3) is 1.40. The Morgan fingerprint density at radius 3 is 2.61 bits per heavy atom. The Hall–Kier alpha value is -1.36. The molecule has 0 heterocycles. The molecule has 0 aromatic heterocycles. The molecule has 2 N–H and O–H groups in total. The van der Waals surface area contributed by atoms with Gasteiger partial charge in [0.05, 0.1) is 0 Å². The summed E-state index contributed by atoms with van der Waals surface area (Å²) in [7, 11) is 0. The van der Waals surface area contributed by atoms with Crippen LogP contribution in [0.3, 0.4) is 0 Å². The van der Waals surface area contributed by atoms with Gasteiger partial charge >= 0.3 is 6.03 Å². The lowest BCUT2D eigenvalue weighted by atomic mass is 9.71. The van der Waals surface area contributed by atoms with E-state index in [0.29, 0.717) is 16.7 Å². The van der Waals surface area contributed by atoms with Gasteiger partial charge in [-0.3, -0.25) is 0 Å². The van der Waals surface area contributed by atoms with Gasteiger partial charge in [0.1, 0.15) is 0 Å². The third-order valence-corrected chi connectivity index (χ3v) is 8.58. The van der Waals surface area contributed by atoms with Gasteiger partial charge in [0.2, 0.25) is 0 Å². The maximum atomic E-state index is 12.1. The third-order valence-electron chi connectivity index (χ3n) is 7.36. The number of carbonyl (C=O) groups excluding carboxylic acids is 1. The van der Waals surface area contributed by atoms with E-state index in [1.165, 1.54) is 12.1 Å². The van der Waals surface area contributed by atoms with Crippen molar-refractivity contribution in [3.63, 3.8) is 0 Å². The summed E-state index contributed by atoms with van der Waals surface area (Å²) in [6, 6.07) is 9.28. The first-order valence-electron chi connectivity index (χ1n) is 8.59. The van der Waals surface area contributed by atoms with Crippen molar-refractivity contribution in [2.75, 3.05) is 5.32 Å². The summed E-state index contributed by atoms with van der Waals surface area (Å²) in [5.74, 6) is 6.47. The number of nitrogens with zero attached hydrogens (tertiary/aromatic N) is 1. The Balaban J connectivity index is 1.24. The first kappa shape index (κ1) is 13.0. The molecular weight excluding hydrogens is 354 g/mol. The second kappa shape index (κ2) is 4.18. The first-order chi connectivity index (χ1) is 11.3. The van der Waals surface area contributed by atoms with E-state index in [1.807, 2.05) is 30.3 Å². The fourth-order valence-electron chi connectivity index (χ4n) is 7.17. The topological polar surface area (TPSA) is 53.5 Å². The molecule has 6 aliphatic rings. The second-order valence-electron chi connectivity index (χ2n) is 7.84. The molecule has 118 valence electrons. The van der Waals surface area contributed by atoms with Gasteiger partial charge in [0, 0.05) is 28.1 Å². The van der Waals surface area contributed by atoms with Crippen LogP contribution in [0.2, 0.25) is 0 Å². The van der Waals surface area contributed by atoms with Crippen molar-refractivity contribution in [2.45, 2.75) is 11.2 Å². The summed E-state index contributed by atoms with van der Waals surface area (Å²) in [4.78, 5) is 12.8. The molecule has 0 aliphatic heterocycles. The normalized spacial score (nSPS) is 51.3. The van der Waals surface area contributed by atoms with Crippen molar-refractivity contribution in [1.29, 1.82) is 0 Å². The van der Waals surface area contributed by atoms with Crippen molar-refractivity contribution >= 4 is 33.4 Å². The highest BCUT2D eigenvalue weighted by atomic mass is 79.9. The van der Waals surface area contributed by atoms with Gasteiger partial charge in [-0.25, -0.2) is 10.2 Å². The number of carbonyl (C=O) groups is 1. The van der Waals surface area contributed by atoms with Crippen molar-refractivity contribution in [3.8, 4) is 0 Å². The zero-order valence-corrected chi connectivity index (χ0v) is 14.1. The molecule has 9 atom stereocenters. The van der Waals surface area contributed by atoms with Crippen LogP contribution in [-0.4, -0.2) is 16.6 Å². The molecule has 6 bridgehead atoms. The number of para-hydroxylation sites is 1. The van der Waals surface area contributed by atoms with Crippen LogP contribution in [0.15, 0.2) is 35.4 Å². The lowest BCUT2D eigenvalue weighted by molar-refractivity contribution is 0.132. The molecule has 6 saturated carbocycles. The number of hydrazone groups is 1. The molecule has 4 nitrogen and oxygen atoms in total. The van der Waals surface area contributed by atoms with Gasteiger partial charge in [-0.05, 0) is 54.1 Å². The molecule has 7 rings (SSSR count). The number of amides is 2. The lowest BCUT2D eigenvalue weighted by Gasteiger charge is -2.32. The molecule has 6 fully saturated rings. The summed E-state index contributed by atoms with van der Waals surface area (Å²) >= 11 is 3.98. The van der Waals surface area contributed by atoms with Crippen molar-refractivity contribution < 1.29 is 4.79 Å². The van der Waals surface area contributed by atoms with E-state index < -0.39 is 0 Å². The Bertz CT molecular complexity index is 733. The molecule has 23 heavy (non-hydrogen) atoms. The fraction of sp³-hybridized carbons (Fsp3) is 0.556.